The van der Waals surface area contributed by atoms with Crippen molar-refractivity contribution in [2.75, 3.05) is 19.8 Å². The summed E-state index contributed by atoms with van der Waals surface area (Å²) in [4.78, 5) is 0. The largest absolute Gasteiger partial charge is 0.380 e. The van der Waals surface area contributed by atoms with E-state index in [0.717, 1.165) is 44.6 Å². The average molecular weight is 489 g/mol. The Morgan fingerprint density at radius 3 is 2.44 bits per heavy atom. The van der Waals surface area contributed by atoms with Gasteiger partial charge in [0.15, 0.2) is 0 Å². The molecular formula is C28H38F2N2OS. The molecule has 1 aliphatic carbocycles. The van der Waals surface area contributed by atoms with Crippen LogP contribution in [0.15, 0.2) is 48.5 Å². The van der Waals surface area contributed by atoms with Crippen LogP contribution in [0, 0.1) is 23.0 Å². The predicted octanol–water partition coefficient (Wildman–Crippen LogP) is 6.75. The Kier molecular flexibility index (Phi) is 8.67. The number of halogens is 2. The van der Waals surface area contributed by atoms with E-state index >= 15 is 0 Å². The number of rotatable bonds is 6. The molecule has 0 bridgehead atoms. The Balaban J connectivity index is 0.000000192. The van der Waals surface area contributed by atoms with Crippen molar-refractivity contribution in [1.29, 1.82) is 0 Å². The summed E-state index contributed by atoms with van der Waals surface area (Å²) < 4.78 is 34.6. The molecule has 0 aromatic heterocycles. The Hall–Kier alpha value is -1.47. The van der Waals surface area contributed by atoms with Crippen LogP contribution in [0.3, 0.4) is 0 Å². The van der Waals surface area contributed by atoms with Crippen molar-refractivity contribution in [2.24, 2.45) is 11.3 Å². The lowest BCUT2D eigenvalue weighted by molar-refractivity contribution is -0.101. The highest BCUT2D eigenvalue weighted by atomic mass is 32.2. The van der Waals surface area contributed by atoms with Gasteiger partial charge in [-0.3, -0.25) is 0 Å². The number of hydrogen-bond donors (Lipinski definition) is 1. The SMILES string of the molecule is CC1CC(NCC2(C)COC2)C1.C[C@H]1CCC(c2ccccc2)SN1Cc1cc(F)ccc1F. The maximum absolute atomic E-state index is 13.9. The second kappa shape index (κ2) is 11.5. The van der Waals surface area contributed by atoms with E-state index in [1.54, 1.807) is 11.9 Å². The molecule has 1 unspecified atom stereocenters. The van der Waals surface area contributed by atoms with Gasteiger partial charge in [0.1, 0.15) is 11.6 Å². The molecule has 1 N–H and O–H groups in total. The van der Waals surface area contributed by atoms with Crippen LogP contribution in [0.25, 0.3) is 0 Å². The summed E-state index contributed by atoms with van der Waals surface area (Å²) in [5.74, 6) is 0.231. The fourth-order valence-electron chi connectivity index (χ4n) is 4.79. The highest BCUT2D eigenvalue weighted by Crippen LogP contribution is 2.43. The van der Waals surface area contributed by atoms with E-state index in [2.05, 4.69) is 42.5 Å². The molecule has 6 heteroatoms. The number of nitrogens with zero attached hydrogens (tertiary/aromatic N) is 1. The molecule has 2 heterocycles. The van der Waals surface area contributed by atoms with Gasteiger partial charge in [-0.05, 0) is 62.3 Å². The highest BCUT2D eigenvalue weighted by Gasteiger charge is 2.35. The number of hydrogen-bond acceptors (Lipinski definition) is 4. The van der Waals surface area contributed by atoms with E-state index < -0.39 is 0 Å². The van der Waals surface area contributed by atoms with Crippen LogP contribution >= 0.6 is 11.9 Å². The summed E-state index contributed by atoms with van der Waals surface area (Å²) in [5.41, 5.74) is 2.16. The molecule has 186 valence electrons. The predicted molar refractivity (Wildman–Crippen MR) is 136 cm³/mol. The summed E-state index contributed by atoms with van der Waals surface area (Å²) in [5, 5.41) is 4.00. The molecule has 3 aliphatic rings. The number of nitrogens with one attached hydrogen (secondary N) is 1. The van der Waals surface area contributed by atoms with Crippen LogP contribution in [0.1, 0.15) is 62.8 Å². The van der Waals surface area contributed by atoms with Crippen molar-refractivity contribution < 1.29 is 13.5 Å². The summed E-state index contributed by atoms with van der Waals surface area (Å²) in [6.07, 6.45) is 4.91. The third kappa shape index (κ3) is 6.81. The fourth-order valence-corrected chi connectivity index (χ4v) is 6.16. The van der Waals surface area contributed by atoms with Crippen LogP contribution in [0.4, 0.5) is 8.78 Å². The van der Waals surface area contributed by atoms with Gasteiger partial charge in [-0.1, -0.05) is 56.1 Å². The minimum absolute atomic E-state index is 0.337. The van der Waals surface area contributed by atoms with E-state index in [4.69, 9.17) is 4.74 Å². The Morgan fingerprint density at radius 2 is 1.79 bits per heavy atom. The molecule has 2 saturated heterocycles. The van der Waals surface area contributed by atoms with Crippen LogP contribution in [-0.2, 0) is 11.3 Å². The molecule has 2 aromatic carbocycles. The van der Waals surface area contributed by atoms with Crippen molar-refractivity contribution in [3.05, 3.63) is 71.3 Å². The van der Waals surface area contributed by atoms with Crippen molar-refractivity contribution in [1.82, 2.24) is 9.62 Å². The summed E-state index contributed by atoms with van der Waals surface area (Å²) >= 11 is 1.75. The number of ether oxygens (including phenoxy) is 1. The zero-order chi connectivity index (χ0) is 24.1. The van der Waals surface area contributed by atoms with Gasteiger partial charge in [-0.15, -0.1) is 0 Å². The summed E-state index contributed by atoms with van der Waals surface area (Å²) in [7, 11) is 0. The quantitative estimate of drug-likeness (QED) is 0.455. The third-order valence-electron chi connectivity index (χ3n) is 7.20. The minimum atomic E-state index is -0.384. The van der Waals surface area contributed by atoms with E-state index in [1.807, 2.05) is 18.2 Å². The topological polar surface area (TPSA) is 24.5 Å². The fraction of sp³-hybridized carbons (Fsp3) is 0.571. The normalized spacial score (nSPS) is 28.3. The van der Waals surface area contributed by atoms with E-state index in [-0.39, 0.29) is 11.6 Å². The molecule has 34 heavy (non-hydrogen) atoms. The van der Waals surface area contributed by atoms with Gasteiger partial charge in [-0.25, -0.2) is 13.1 Å². The van der Waals surface area contributed by atoms with E-state index in [9.17, 15) is 8.78 Å². The molecule has 2 atom stereocenters. The molecule has 3 nitrogen and oxygen atoms in total. The first-order valence-electron chi connectivity index (χ1n) is 12.5. The van der Waals surface area contributed by atoms with Crippen LogP contribution < -0.4 is 5.32 Å². The van der Waals surface area contributed by atoms with Gasteiger partial charge < -0.3 is 10.1 Å². The lowest BCUT2D eigenvalue weighted by atomic mass is 9.80. The Bertz CT molecular complexity index is 918. The van der Waals surface area contributed by atoms with Gasteiger partial charge >= 0.3 is 0 Å². The zero-order valence-electron chi connectivity index (χ0n) is 20.6. The maximum Gasteiger partial charge on any atom is 0.127 e. The average Bonchev–Trinajstić information content (AvgIpc) is 2.79. The monoisotopic (exact) mass is 488 g/mol. The third-order valence-corrected chi connectivity index (χ3v) is 8.72. The first-order chi connectivity index (χ1) is 16.3. The Labute approximate surface area is 207 Å². The molecule has 2 aromatic rings. The molecule has 3 fully saturated rings. The summed E-state index contributed by atoms with van der Waals surface area (Å²) in [6.45, 7) is 10.2. The smallest absolute Gasteiger partial charge is 0.127 e. The van der Waals surface area contributed by atoms with Crippen LogP contribution in [-0.4, -0.2) is 36.1 Å². The first kappa shape index (κ1) is 25.6. The second-order valence-corrected chi connectivity index (χ2v) is 11.9. The van der Waals surface area contributed by atoms with Gasteiger partial charge in [-0.2, -0.15) is 0 Å². The van der Waals surface area contributed by atoms with Crippen molar-refractivity contribution in [3.63, 3.8) is 0 Å². The minimum Gasteiger partial charge on any atom is -0.380 e. The molecule has 5 rings (SSSR count). The molecule has 2 aliphatic heterocycles. The zero-order valence-corrected chi connectivity index (χ0v) is 21.4. The maximum atomic E-state index is 13.9. The van der Waals surface area contributed by atoms with Crippen molar-refractivity contribution in [2.45, 2.75) is 70.3 Å². The van der Waals surface area contributed by atoms with Gasteiger partial charge in [0.05, 0.1) is 13.2 Å². The molecule has 1 saturated carbocycles. The Morgan fingerprint density at radius 1 is 1.06 bits per heavy atom. The highest BCUT2D eigenvalue weighted by molar-refractivity contribution is 7.97. The van der Waals surface area contributed by atoms with Crippen LogP contribution in [0.2, 0.25) is 0 Å². The lowest BCUT2D eigenvalue weighted by Gasteiger charge is -2.42. The van der Waals surface area contributed by atoms with Gasteiger partial charge in [0.25, 0.3) is 0 Å². The number of benzene rings is 2. The summed E-state index contributed by atoms with van der Waals surface area (Å²) in [6, 6.07) is 15.2. The molecular weight excluding hydrogens is 450 g/mol. The standard InChI is InChI=1S/C18H19F2NS.C10H19NO/c1-13-7-10-18(14-5-3-2-4-6-14)22-21(13)12-15-11-16(19)8-9-17(15)20;1-8-3-9(4-8)11-5-10(2)6-12-7-10/h2-6,8-9,11,13,18H,7,10,12H2,1H3;8-9,11H,3-7H2,1-2H3/t13-,18?;/m0./s1. The van der Waals surface area contributed by atoms with Gasteiger partial charge in [0.2, 0.25) is 0 Å². The van der Waals surface area contributed by atoms with Crippen molar-refractivity contribution >= 4 is 11.9 Å². The van der Waals surface area contributed by atoms with Crippen LogP contribution in [0.5, 0.6) is 0 Å². The molecule has 0 spiro atoms. The van der Waals surface area contributed by atoms with Gasteiger partial charge in [0, 0.05) is 41.4 Å². The first-order valence-corrected chi connectivity index (χ1v) is 13.4. The molecule has 0 radical (unpaired) electrons. The second-order valence-electron chi connectivity index (χ2n) is 10.7. The van der Waals surface area contributed by atoms with E-state index in [1.165, 1.54) is 36.6 Å². The lowest BCUT2D eigenvalue weighted by Crippen LogP contribution is -2.51. The van der Waals surface area contributed by atoms with E-state index in [0.29, 0.717) is 28.8 Å². The molecule has 0 amide bonds. The van der Waals surface area contributed by atoms with Crippen molar-refractivity contribution in [3.8, 4) is 0 Å².